The molecular weight excluding hydrogens is 242 g/mol. The Morgan fingerprint density at radius 2 is 2.00 bits per heavy atom. The van der Waals surface area contributed by atoms with E-state index < -0.39 is 11.4 Å². The van der Waals surface area contributed by atoms with Gasteiger partial charge in [-0.05, 0) is 38.3 Å². The van der Waals surface area contributed by atoms with Crippen LogP contribution in [0.5, 0.6) is 0 Å². The van der Waals surface area contributed by atoms with Gasteiger partial charge in [0.05, 0.1) is 5.41 Å². The summed E-state index contributed by atoms with van der Waals surface area (Å²) in [6.45, 7) is 3.50. The van der Waals surface area contributed by atoms with Gasteiger partial charge in [-0.1, -0.05) is 18.2 Å². The van der Waals surface area contributed by atoms with Crippen LogP contribution in [-0.2, 0) is 16.0 Å². The summed E-state index contributed by atoms with van der Waals surface area (Å²) in [5.74, 6) is -0.874. The highest BCUT2D eigenvalue weighted by Crippen LogP contribution is 2.30. The third kappa shape index (κ3) is 2.78. The van der Waals surface area contributed by atoms with Gasteiger partial charge in [-0.3, -0.25) is 9.59 Å². The zero-order valence-electron chi connectivity index (χ0n) is 11.3. The molecule has 0 fully saturated rings. The highest BCUT2D eigenvalue weighted by atomic mass is 16.4. The number of hydrogen-bond donors (Lipinski definition) is 1. The number of anilines is 1. The zero-order valence-corrected chi connectivity index (χ0v) is 11.3. The lowest BCUT2D eigenvalue weighted by molar-refractivity contribution is -0.146. The third-order valence-corrected chi connectivity index (χ3v) is 3.55. The average Bonchev–Trinajstić information content (AvgIpc) is 2.50. The SMILES string of the molecule is CC(C)(CN1C(=O)CCCc2ccccc21)C(=O)O. The predicted molar refractivity (Wildman–Crippen MR) is 73.1 cm³/mol. The van der Waals surface area contributed by atoms with Crippen LogP contribution in [0, 0.1) is 5.41 Å². The van der Waals surface area contributed by atoms with Crippen molar-refractivity contribution in [3.05, 3.63) is 29.8 Å². The number of aryl methyl sites for hydroxylation is 1. The van der Waals surface area contributed by atoms with Crippen LogP contribution >= 0.6 is 0 Å². The molecule has 0 radical (unpaired) electrons. The van der Waals surface area contributed by atoms with E-state index in [0.29, 0.717) is 6.42 Å². The molecule has 102 valence electrons. The van der Waals surface area contributed by atoms with Gasteiger partial charge in [-0.15, -0.1) is 0 Å². The molecule has 0 bridgehead atoms. The number of carbonyl (C=O) groups excluding carboxylic acids is 1. The molecular formula is C15H19NO3. The zero-order chi connectivity index (χ0) is 14.0. The Morgan fingerprint density at radius 1 is 1.32 bits per heavy atom. The second-order valence-electron chi connectivity index (χ2n) is 5.65. The normalized spacial score (nSPS) is 15.9. The van der Waals surface area contributed by atoms with Gasteiger partial charge in [0.2, 0.25) is 5.91 Å². The molecule has 0 atom stereocenters. The van der Waals surface area contributed by atoms with Crippen molar-refractivity contribution in [1.29, 1.82) is 0 Å². The maximum absolute atomic E-state index is 12.2. The van der Waals surface area contributed by atoms with Crippen LogP contribution in [0.15, 0.2) is 24.3 Å². The maximum Gasteiger partial charge on any atom is 0.310 e. The first-order chi connectivity index (χ1) is 8.92. The van der Waals surface area contributed by atoms with Gasteiger partial charge in [-0.2, -0.15) is 0 Å². The summed E-state index contributed by atoms with van der Waals surface area (Å²) in [6.07, 6.45) is 2.16. The van der Waals surface area contributed by atoms with Crippen molar-refractivity contribution in [3.63, 3.8) is 0 Å². The van der Waals surface area contributed by atoms with E-state index in [9.17, 15) is 14.7 Å². The number of hydrogen-bond acceptors (Lipinski definition) is 2. The first-order valence-corrected chi connectivity index (χ1v) is 6.53. The fourth-order valence-electron chi connectivity index (χ4n) is 2.32. The summed E-state index contributed by atoms with van der Waals surface area (Å²) >= 11 is 0. The number of fused-ring (bicyclic) bond motifs is 1. The Kier molecular flexibility index (Phi) is 3.60. The van der Waals surface area contributed by atoms with E-state index in [0.717, 1.165) is 24.1 Å². The molecule has 0 saturated carbocycles. The summed E-state index contributed by atoms with van der Waals surface area (Å²) in [4.78, 5) is 25.1. The van der Waals surface area contributed by atoms with Gasteiger partial charge in [0.25, 0.3) is 0 Å². The Morgan fingerprint density at radius 3 is 2.68 bits per heavy atom. The Bertz CT molecular complexity index is 508. The van der Waals surface area contributed by atoms with Gasteiger partial charge in [-0.25, -0.2) is 0 Å². The summed E-state index contributed by atoms with van der Waals surface area (Å²) in [5, 5.41) is 9.24. The van der Waals surface area contributed by atoms with Crippen molar-refractivity contribution in [2.75, 3.05) is 11.4 Å². The molecule has 0 unspecified atom stereocenters. The highest BCUT2D eigenvalue weighted by Gasteiger charge is 2.33. The number of nitrogens with zero attached hydrogens (tertiary/aromatic N) is 1. The van der Waals surface area contributed by atoms with E-state index in [-0.39, 0.29) is 12.5 Å². The van der Waals surface area contributed by atoms with Crippen molar-refractivity contribution in [2.24, 2.45) is 5.41 Å². The Hall–Kier alpha value is -1.84. The standard InChI is InChI=1S/C15H19NO3/c1-15(2,14(18)19)10-16-12-8-4-3-6-11(12)7-5-9-13(16)17/h3-4,6,8H,5,7,9-10H2,1-2H3,(H,18,19). The minimum Gasteiger partial charge on any atom is -0.481 e. The Balaban J connectivity index is 2.37. The number of carboxylic acid groups (broad SMARTS) is 1. The third-order valence-electron chi connectivity index (χ3n) is 3.55. The van der Waals surface area contributed by atoms with Gasteiger partial charge in [0.15, 0.2) is 0 Å². The van der Waals surface area contributed by atoms with E-state index in [2.05, 4.69) is 0 Å². The molecule has 1 amide bonds. The molecule has 0 aliphatic carbocycles. The molecule has 2 rings (SSSR count). The highest BCUT2D eigenvalue weighted by molar-refractivity contribution is 5.95. The molecule has 4 heteroatoms. The summed E-state index contributed by atoms with van der Waals surface area (Å²) in [5.41, 5.74) is 1.03. The van der Waals surface area contributed by atoms with E-state index in [1.807, 2.05) is 24.3 Å². The van der Waals surface area contributed by atoms with E-state index in [1.165, 1.54) is 0 Å². The first kappa shape index (κ1) is 13.6. The molecule has 19 heavy (non-hydrogen) atoms. The molecule has 1 N–H and O–H groups in total. The lowest BCUT2D eigenvalue weighted by atomic mass is 9.92. The van der Waals surface area contributed by atoms with E-state index in [4.69, 9.17) is 0 Å². The number of rotatable bonds is 3. The summed E-state index contributed by atoms with van der Waals surface area (Å²) < 4.78 is 0. The van der Waals surface area contributed by atoms with Gasteiger partial charge >= 0.3 is 5.97 Å². The molecule has 0 saturated heterocycles. The van der Waals surface area contributed by atoms with Crippen LogP contribution in [0.2, 0.25) is 0 Å². The maximum atomic E-state index is 12.2. The monoisotopic (exact) mass is 261 g/mol. The van der Waals surface area contributed by atoms with Crippen LogP contribution in [0.4, 0.5) is 5.69 Å². The lowest BCUT2D eigenvalue weighted by Gasteiger charge is -2.30. The average molecular weight is 261 g/mol. The molecule has 4 nitrogen and oxygen atoms in total. The smallest absolute Gasteiger partial charge is 0.310 e. The minimum absolute atomic E-state index is 0.0132. The minimum atomic E-state index is -0.951. The fourth-order valence-corrected chi connectivity index (χ4v) is 2.32. The van der Waals surface area contributed by atoms with Gasteiger partial charge < -0.3 is 10.0 Å². The topological polar surface area (TPSA) is 57.6 Å². The van der Waals surface area contributed by atoms with Gasteiger partial charge in [0, 0.05) is 18.7 Å². The summed E-state index contributed by atoms with van der Waals surface area (Å²) in [6, 6.07) is 7.75. The number of aliphatic carboxylic acids is 1. The number of carbonyl (C=O) groups is 2. The fraction of sp³-hybridized carbons (Fsp3) is 0.467. The molecule has 0 aromatic heterocycles. The number of carboxylic acids is 1. The van der Waals surface area contributed by atoms with Crippen LogP contribution in [-0.4, -0.2) is 23.5 Å². The first-order valence-electron chi connectivity index (χ1n) is 6.53. The van der Waals surface area contributed by atoms with Crippen LogP contribution in [0.25, 0.3) is 0 Å². The second-order valence-corrected chi connectivity index (χ2v) is 5.65. The van der Waals surface area contributed by atoms with Crippen LogP contribution < -0.4 is 4.90 Å². The second kappa shape index (κ2) is 5.03. The van der Waals surface area contributed by atoms with E-state index >= 15 is 0 Å². The number of benzene rings is 1. The quantitative estimate of drug-likeness (QED) is 0.909. The van der Waals surface area contributed by atoms with Crippen molar-refractivity contribution >= 4 is 17.6 Å². The molecule has 1 aromatic carbocycles. The van der Waals surface area contributed by atoms with Crippen LogP contribution in [0.1, 0.15) is 32.3 Å². The van der Waals surface area contributed by atoms with Crippen molar-refractivity contribution in [3.8, 4) is 0 Å². The van der Waals surface area contributed by atoms with Crippen molar-refractivity contribution in [2.45, 2.75) is 33.1 Å². The Labute approximate surface area is 113 Å². The van der Waals surface area contributed by atoms with Crippen molar-refractivity contribution < 1.29 is 14.7 Å². The number of amides is 1. The van der Waals surface area contributed by atoms with Crippen LogP contribution in [0.3, 0.4) is 0 Å². The predicted octanol–water partition coefficient (Wildman–Crippen LogP) is 2.47. The number of para-hydroxylation sites is 1. The van der Waals surface area contributed by atoms with E-state index in [1.54, 1.807) is 18.7 Å². The van der Waals surface area contributed by atoms with Crippen molar-refractivity contribution in [1.82, 2.24) is 0 Å². The molecule has 1 aromatic rings. The molecule has 1 aliphatic rings. The summed E-state index contributed by atoms with van der Waals surface area (Å²) in [7, 11) is 0. The molecule has 0 spiro atoms. The lowest BCUT2D eigenvalue weighted by Crippen LogP contribution is -2.42. The molecule has 1 aliphatic heterocycles. The largest absolute Gasteiger partial charge is 0.481 e. The molecule has 1 heterocycles. The van der Waals surface area contributed by atoms with Gasteiger partial charge in [0.1, 0.15) is 0 Å².